The number of rotatable bonds is 4. The molecule has 7 heteroatoms. The van der Waals surface area contributed by atoms with Gasteiger partial charge in [0, 0.05) is 37.1 Å². The molecule has 4 aromatic carbocycles. The SMILES string of the molecule is CN(C)c1ccc(C2/C(=C(/O)c3cccc4ccccc34)C(=O)C(=O)N2c2ccc(F)c(F)c2)cc1. The fourth-order valence-corrected chi connectivity index (χ4v) is 4.58. The van der Waals surface area contributed by atoms with Crippen LogP contribution < -0.4 is 9.80 Å². The Hall–Kier alpha value is -4.52. The largest absolute Gasteiger partial charge is 0.507 e. The van der Waals surface area contributed by atoms with Crippen molar-refractivity contribution in [2.75, 3.05) is 23.9 Å². The summed E-state index contributed by atoms with van der Waals surface area (Å²) < 4.78 is 27.8. The van der Waals surface area contributed by atoms with E-state index >= 15 is 0 Å². The molecule has 0 radical (unpaired) electrons. The van der Waals surface area contributed by atoms with Gasteiger partial charge in [0.1, 0.15) is 5.76 Å². The molecule has 1 N–H and O–H groups in total. The molecule has 36 heavy (non-hydrogen) atoms. The van der Waals surface area contributed by atoms with Crippen molar-refractivity contribution in [3.05, 3.63) is 113 Å². The van der Waals surface area contributed by atoms with Crippen LogP contribution in [0.25, 0.3) is 16.5 Å². The number of hydrogen-bond acceptors (Lipinski definition) is 4. The number of aliphatic hydroxyl groups is 1. The third kappa shape index (κ3) is 3.79. The number of amides is 1. The molecule has 5 rings (SSSR count). The van der Waals surface area contributed by atoms with Crippen LogP contribution in [-0.4, -0.2) is 30.9 Å². The van der Waals surface area contributed by atoms with Gasteiger partial charge >= 0.3 is 0 Å². The lowest BCUT2D eigenvalue weighted by Gasteiger charge is -2.26. The van der Waals surface area contributed by atoms with Gasteiger partial charge in [-0.3, -0.25) is 14.5 Å². The van der Waals surface area contributed by atoms with Crippen LogP contribution in [0.4, 0.5) is 20.2 Å². The zero-order valence-electron chi connectivity index (χ0n) is 19.6. The van der Waals surface area contributed by atoms with Crippen molar-refractivity contribution in [3.8, 4) is 0 Å². The fraction of sp³-hybridized carbons (Fsp3) is 0.103. The summed E-state index contributed by atoms with van der Waals surface area (Å²) in [4.78, 5) is 29.6. The maximum absolute atomic E-state index is 14.2. The van der Waals surface area contributed by atoms with E-state index in [4.69, 9.17) is 0 Å². The first-order chi connectivity index (χ1) is 17.3. The Bertz CT molecular complexity index is 1540. The summed E-state index contributed by atoms with van der Waals surface area (Å²) >= 11 is 0. The molecule has 5 nitrogen and oxygen atoms in total. The molecular weight excluding hydrogens is 462 g/mol. The smallest absolute Gasteiger partial charge is 0.300 e. The maximum Gasteiger partial charge on any atom is 0.300 e. The fourth-order valence-electron chi connectivity index (χ4n) is 4.58. The number of ketones is 1. The molecule has 0 saturated carbocycles. The van der Waals surface area contributed by atoms with Gasteiger partial charge in [-0.1, -0.05) is 54.6 Å². The van der Waals surface area contributed by atoms with Crippen LogP contribution in [0.15, 0.2) is 90.5 Å². The lowest BCUT2D eigenvalue weighted by Crippen LogP contribution is -2.29. The molecule has 0 aliphatic carbocycles. The molecule has 0 aromatic heterocycles. The predicted molar refractivity (Wildman–Crippen MR) is 136 cm³/mol. The Kier molecular flexibility index (Phi) is 5.76. The van der Waals surface area contributed by atoms with E-state index in [1.54, 1.807) is 24.3 Å². The van der Waals surface area contributed by atoms with Crippen LogP contribution in [0.2, 0.25) is 0 Å². The third-order valence-corrected chi connectivity index (χ3v) is 6.40. The van der Waals surface area contributed by atoms with Gasteiger partial charge in [0.2, 0.25) is 0 Å². The summed E-state index contributed by atoms with van der Waals surface area (Å²) in [5, 5.41) is 13.0. The van der Waals surface area contributed by atoms with Gasteiger partial charge in [-0.2, -0.15) is 0 Å². The van der Waals surface area contributed by atoms with Crippen molar-refractivity contribution in [2.45, 2.75) is 6.04 Å². The van der Waals surface area contributed by atoms with Crippen LogP contribution in [0.5, 0.6) is 0 Å². The van der Waals surface area contributed by atoms with E-state index in [2.05, 4.69) is 0 Å². The van der Waals surface area contributed by atoms with E-state index < -0.39 is 29.4 Å². The van der Waals surface area contributed by atoms with E-state index in [9.17, 15) is 23.5 Å². The topological polar surface area (TPSA) is 60.9 Å². The zero-order valence-corrected chi connectivity index (χ0v) is 19.6. The van der Waals surface area contributed by atoms with Crippen molar-refractivity contribution >= 4 is 39.6 Å². The Labute approximate surface area is 206 Å². The van der Waals surface area contributed by atoms with Crippen LogP contribution >= 0.6 is 0 Å². The number of carbonyl (C=O) groups is 2. The molecule has 1 aliphatic rings. The van der Waals surface area contributed by atoms with Crippen LogP contribution in [0.3, 0.4) is 0 Å². The quantitative estimate of drug-likeness (QED) is 0.226. The van der Waals surface area contributed by atoms with Gasteiger partial charge in [0.05, 0.1) is 11.6 Å². The number of aliphatic hydroxyl groups excluding tert-OH is 1. The number of carbonyl (C=O) groups excluding carboxylic acids is 2. The average molecular weight is 485 g/mol. The highest BCUT2D eigenvalue weighted by Crippen LogP contribution is 2.43. The van der Waals surface area contributed by atoms with Crippen molar-refractivity contribution in [1.82, 2.24) is 0 Å². The van der Waals surface area contributed by atoms with Gasteiger partial charge in [-0.05, 0) is 40.6 Å². The van der Waals surface area contributed by atoms with Crippen molar-refractivity contribution in [2.24, 2.45) is 0 Å². The van der Waals surface area contributed by atoms with Gasteiger partial charge in [0.25, 0.3) is 11.7 Å². The molecule has 4 aromatic rings. The second-order valence-electron chi connectivity index (χ2n) is 8.78. The number of fused-ring (bicyclic) bond motifs is 1. The molecule has 1 saturated heterocycles. The number of benzene rings is 4. The monoisotopic (exact) mass is 484 g/mol. The Morgan fingerprint density at radius 1 is 0.861 bits per heavy atom. The highest BCUT2D eigenvalue weighted by Gasteiger charge is 2.47. The van der Waals surface area contributed by atoms with E-state index in [1.165, 1.54) is 6.07 Å². The van der Waals surface area contributed by atoms with E-state index in [1.807, 2.05) is 61.5 Å². The molecule has 1 amide bonds. The van der Waals surface area contributed by atoms with E-state index in [-0.39, 0.29) is 17.0 Å². The lowest BCUT2D eigenvalue weighted by atomic mass is 9.93. The molecule has 1 aliphatic heterocycles. The maximum atomic E-state index is 14.2. The lowest BCUT2D eigenvalue weighted by molar-refractivity contribution is -0.132. The Morgan fingerprint density at radius 3 is 2.25 bits per heavy atom. The normalized spacial score (nSPS) is 17.1. The molecule has 180 valence electrons. The molecule has 1 unspecified atom stereocenters. The summed E-state index contributed by atoms with van der Waals surface area (Å²) in [5.74, 6) is -4.41. The number of hydrogen-bond donors (Lipinski definition) is 1. The highest BCUT2D eigenvalue weighted by atomic mass is 19.2. The Morgan fingerprint density at radius 2 is 1.56 bits per heavy atom. The number of nitrogens with zero attached hydrogens (tertiary/aromatic N) is 2. The molecular formula is C29H22F2N2O3. The molecule has 1 heterocycles. The zero-order chi connectivity index (χ0) is 25.6. The number of Topliss-reactive ketones (excluding diaryl/α,β-unsaturated/α-hetero) is 1. The summed E-state index contributed by atoms with van der Waals surface area (Å²) in [5.41, 5.74) is 1.70. The average Bonchev–Trinajstić information content (AvgIpc) is 3.15. The van der Waals surface area contributed by atoms with Gasteiger partial charge in [-0.25, -0.2) is 8.78 Å². The first-order valence-corrected chi connectivity index (χ1v) is 11.3. The second-order valence-corrected chi connectivity index (χ2v) is 8.78. The summed E-state index contributed by atoms with van der Waals surface area (Å²) in [6.45, 7) is 0. The van der Waals surface area contributed by atoms with Crippen LogP contribution in [0, 0.1) is 11.6 Å². The minimum absolute atomic E-state index is 0.00894. The van der Waals surface area contributed by atoms with Crippen molar-refractivity contribution in [1.29, 1.82) is 0 Å². The first-order valence-electron chi connectivity index (χ1n) is 11.3. The number of halogens is 2. The first kappa shape index (κ1) is 23.2. The van der Waals surface area contributed by atoms with Crippen molar-refractivity contribution in [3.63, 3.8) is 0 Å². The van der Waals surface area contributed by atoms with Gasteiger partial charge in [-0.15, -0.1) is 0 Å². The third-order valence-electron chi connectivity index (χ3n) is 6.40. The Balaban J connectivity index is 1.76. The standard InChI is InChI=1S/C29H22F2N2O3/c1-32(2)19-12-10-18(11-13-19)26-25(27(34)22-9-5-7-17-6-3-4-8-21(17)22)28(35)29(36)33(26)20-14-15-23(30)24(31)16-20/h3-16,26,34H,1-2H3/b27-25-. The van der Waals surface area contributed by atoms with Crippen LogP contribution in [-0.2, 0) is 9.59 Å². The van der Waals surface area contributed by atoms with Gasteiger partial charge in [0.15, 0.2) is 11.6 Å². The van der Waals surface area contributed by atoms with Crippen LogP contribution in [0.1, 0.15) is 17.2 Å². The summed E-state index contributed by atoms with van der Waals surface area (Å²) in [6.07, 6.45) is 0. The molecule has 0 bridgehead atoms. The summed E-state index contributed by atoms with van der Waals surface area (Å²) in [7, 11) is 3.76. The van der Waals surface area contributed by atoms with E-state index in [0.717, 1.165) is 28.1 Å². The minimum atomic E-state index is -1.15. The highest BCUT2D eigenvalue weighted by molar-refractivity contribution is 6.51. The summed E-state index contributed by atoms with van der Waals surface area (Å²) in [6, 6.07) is 21.8. The van der Waals surface area contributed by atoms with Crippen molar-refractivity contribution < 1.29 is 23.5 Å². The predicted octanol–water partition coefficient (Wildman–Crippen LogP) is 5.81. The minimum Gasteiger partial charge on any atom is -0.507 e. The van der Waals surface area contributed by atoms with Gasteiger partial charge < -0.3 is 10.0 Å². The second kappa shape index (κ2) is 8.92. The molecule has 1 fully saturated rings. The molecule has 1 atom stereocenters. The van der Waals surface area contributed by atoms with E-state index in [0.29, 0.717) is 16.5 Å². The molecule has 0 spiro atoms. The number of anilines is 2.